The molecule has 0 radical (unpaired) electrons. The van der Waals surface area contributed by atoms with Crippen LogP contribution in [0.2, 0.25) is 0 Å². The quantitative estimate of drug-likeness (QED) is 0.783. The summed E-state index contributed by atoms with van der Waals surface area (Å²) in [5.74, 6) is -0.902. The van der Waals surface area contributed by atoms with Gasteiger partial charge in [0, 0.05) is 13.1 Å². The maximum atomic E-state index is 13.2. The lowest BCUT2D eigenvalue weighted by Crippen LogP contribution is -2.52. The summed E-state index contributed by atoms with van der Waals surface area (Å²) in [6.45, 7) is 3.01. The number of carbonyl (C=O) groups is 1. The fraction of sp³-hybridized carbons (Fsp3) is 0.462. The van der Waals surface area contributed by atoms with E-state index < -0.39 is 11.4 Å². The molecule has 100 valence electrons. The molecule has 5 heteroatoms. The van der Waals surface area contributed by atoms with Crippen molar-refractivity contribution >= 4 is 5.91 Å². The van der Waals surface area contributed by atoms with E-state index in [4.69, 9.17) is 5.73 Å². The first-order valence-corrected chi connectivity index (χ1v) is 5.82. The number of nitrogens with zero attached hydrogens (tertiary/aromatic N) is 1. The van der Waals surface area contributed by atoms with Gasteiger partial charge in [0.15, 0.2) is 0 Å². The van der Waals surface area contributed by atoms with Gasteiger partial charge in [-0.15, -0.1) is 0 Å². The first-order chi connectivity index (χ1) is 8.36. The van der Waals surface area contributed by atoms with Gasteiger partial charge >= 0.3 is 0 Å². The molecule has 0 spiro atoms. The van der Waals surface area contributed by atoms with Crippen LogP contribution in [-0.2, 0) is 10.3 Å². The highest BCUT2D eigenvalue weighted by Crippen LogP contribution is 2.20. The Kier molecular flexibility index (Phi) is 4.81. The first-order valence-electron chi connectivity index (χ1n) is 5.82. The summed E-state index contributed by atoms with van der Waals surface area (Å²) in [7, 11) is 3.87. The number of primary amides is 1. The molecule has 1 amide bonds. The van der Waals surface area contributed by atoms with Crippen LogP contribution in [-0.4, -0.2) is 38.0 Å². The van der Waals surface area contributed by atoms with Gasteiger partial charge in [0.25, 0.3) is 0 Å². The lowest BCUT2D eigenvalue weighted by molar-refractivity contribution is -0.124. The average Bonchev–Trinajstić information content (AvgIpc) is 2.28. The Morgan fingerprint density at radius 1 is 1.50 bits per heavy atom. The van der Waals surface area contributed by atoms with Gasteiger partial charge in [0.05, 0.1) is 0 Å². The molecule has 0 saturated heterocycles. The largest absolute Gasteiger partial charge is 0.368 e. The normalized spacial score (nSPS) is 14.5. The molecule has 0 saturated carbocycles. The Morgan fingerprint density at radius 2 is 2.17 bits per heavy atom. The summed E-state index contributed by atoms with van der Waals surface area (Å²) in [6, 6.07) is 5.92. The molecule has 4 nitrogen and oxygen atoms in total. The first kappa shape index (κ1) is 14.6. The third-order valence-corrected chi connectivity index (χ3v) is 2.93. The van der Waals surface area contributed by atoms with Crippen molar-refractivity contribution in [1.29, 1.82) is 0 Å². The lowest BCUT2D eigenvalue weighted by Gasteiger charge is -2.28. The fourth-order valence-corrected chi connectivity index (χ4v) is 1.66. The van der Waals surface area contributed by atoms with Crippen molar-refractivity contribution in [3.05, 3.63) is 35.6 Å². The number of carbonyl (C=O) groups excluding carboxylic acids is 1. The third kappa shape index (κ3) is 3.51. The number of rotatable bonds is 6. The van der Waals surface area contributed by atoms with Crippen molar-refractivity contribution in [1.82, 2.24) is 10.2 Å². The van der Waals surface area contributed by atoms with Crippen LogP contribution < -0.4 is 11.1 Å². The highest BCUT2D eigenvalue weighted by molar-refractivity contribution is 5.85. The number of halogens is 1. The van der Waals surface area contributed by atoms with E-state index >= 15 is 0 Å². The molecule has 1 unspecified atom stereocenters. The summed E-state index contributed by atoms with van der Waals surface area (Å²) in [5.41, 5.74) is 4.91. The number of hydrogen-bond donors (Lipinski definition) is 2. The summed E-state index contributed by atoms with van der Waals surface area (Å²) < 4.78 is 13.2. The molecule has 1 rings (SSSR count). The van der Waals surface area contributed by atoms with E-state index in [9.17, 15) is 9.18 Å². The Balaban J connectivity index is 2.90. The van der Waals surface area contributed by atoms with Crippen LogP contribution in [0.1, 0.15) is 12.5 Å². The lowest BCUT2D eigenvalue weighted by atomic mass is 9.91. The molecule has 0 aromatic heterocycles. The van der Waals surface area contributed by atoms with E-state index in [-0.39, 0.29) is 5.82 Å². The second kappa shape index (κ2) is 5.93. The highest BCUT2D eigenvalue weighted by Gasteiger charge is 2.32. The molecular formula is C13H20FN3O. The van der Waals surface area contributed by atoms with Crippen molar-refractivity contribution < 1.29 is 9.18 Å². The molecule has 18 heavy (non-hydrogen) atoms. The van der Waals surface area contributed by atoms with Crippen LogP contribution in [0.15, 0.2) is 24.3 Å². The van der Waals surface area contributed by atoms with Gasteiger partial charge in [-0.2, -0.15) is 0 Å². The summed E-state index contributed by atoms with van der Waals surface area (Å²) >= 11 is 0. The van der Waals surface area contributed by atoms with Crippen molar-refractivity contribution in [2.75, 3.05) is 27.2 Å². The van der Waals surface area contributed by atoms with E-state index in [1.54, 1.807) is 19.1 Å². The molecular weight excluding hydrogens is 233 g/mol. The van der Waals surface area contributed by atoms with Crippen LogP contribution in [0.25, 0.3) is 0 Å². The Bertz CT molecular complexity index is 422. The topological polar surface area (TPSA) is 58.4 Å². The van der Waals surface area contributed by atoms with Crippen LogP contribution in [0.4, 0.5) is 4.39 Å². The molecule has 0 heterocycles. The zero-order chi connectivity index (χ0) is 13.8. The molecule has 0 aliphatic carbocycles. The van der Waals surface area contributed by atoms with Gasteiger partial charge in [-0.1, -0.05) is 12.1 Å². The van der Waals surface area contributed by atoms with Crippen molar-refractivity contribution in [2.45, 2.75) is 12.5 Å². The SMILES string of the molecule is CN(C)CCNC(C)(C(N)=O)c1cccc(F)c1. The van der Waals surface area contributed by atoms with Crippen LogP contribution in [0, 0.1) is 5.82 Å². The van der Waals surface area contributed by atoms with E-state index in [0.29, 0.717) is 12.1 Å². The molecule has 0 aliphatic rings. The van der Waals surface area contributed by atoms with E-state index in [0.717, 1.165) is 6.54 Å². The Hall–Kier alpha value is -1.46. The van der Waals surface area contributed by atoms with Crippen molar-refractivity contribution in [2.24, 2.45) is 5.73 Å². The van der Waals surface area contributed by atoms with E-state index in [2.05, 4.69) is 5.32 Å². The minimum absolute atomic E-state index is 0.380. The van der Waals surface area contributed by atoms with Gasteiger partial charge < -0.3 is 10.6 Å². The number of nitrogens with two attached hydrogens (primary N) is 1. The number of hydrogen-bond acceptors (Lipinski definition) is 3. The zero-order valence-corrected chi connectivity index (χ0v) is 11.0. The highest BCUT2D eigenvalue weighted by atomic mass is 19.1. The van der Waals surface area contributed by atoms with Crippen LogP contribution in [0.3, 0.4) is 0 Å². The molecule has 3 N–H and O–H groups in total. The maximum absolute atomic E-state index is 13.2. The smallest absolute Gasteiger partial charge is 0.242 e. The van der Waals surface area contributed by atoms with Crippen LogP contribution >= 0.6 is 0 Å². The summed E-state index contributed by atoms with van der Waals surface area (Å²) in [6.07, 6.45) is 0. The number of amides is 1. The van der Waals surface area contributed by atoms with Crippen LogP contribution in [0.5, 0.6) is 0 Å². The second-order valence-corrected chi connectivity index (χ2v) is 4.73. The maximum Gasteiger partial charge on any atom is 0.242 e. The number of benzene rings is 1. The van der Waals surface area contributed by atoms with E-state index in [1.807, 2.05) is 19.0 Å². The second-order valence-electron chi connectivity index (χ2n) is 4.73. The summed E-state index contributed by atoms with van der Waals surface area (Å²) in [4.78, 5) is 13.6. The molecule has 0 bridgehead atoms. The predicted octanol–water partition coefficient (Wildman–Crippen LogP) is 0.677. The molecule has 1 atom stereocenters. The molecule has 1 aromatic rings. The third-order valence-electron chi connectivity index (χ3n) is 2.93. The molecule has 1 aromatic carbocycles. The van der Waals surface area contributed by atoms with Gasteiger partial charge in [-0.05, 0) is 38.7 Å². The standard InChI is InChI=1S/C13H20FN3O/c1-13(12(15)18,16-7-8-17(2)3)10-5-4-6-11(14)9-10/h4-6,9,16H,7-8H2,1-3H3,(H2,15,18). The Morgan fingerprint density at radius 3 is 2.67 bits per heavy atom. The van der Waals surface area contributed by atoms with Gasteiger partial charge in [0.1, 0.15) is 11.4 Å². The summed E-state index contributed by atoms with van der Waals surface area (Å²) in [5, 5.41) is 3.09. The predicted molar refractivity (Wildman–Crippen MR) is 69.5 cm³/mol. The molecule has 0 aliphatic heterocycles. The van der Waals surface area contributed by atoms with Gasteiger partial charge in [-0.3, -0.25) is 10.1 Å². The average molecular weight is 253 g/mol. The monoisotopic (exact) mass is 253 g/mol. The minimum atomic E-state index is -1.06. The minimum Gasteiger partial charge on any atom is -0.368 e. The van der Waals surface area contributed by atoms with Gasteiger partial charge in [-0.25, -0.2) is 4.39 Å². The Labute approximate surface area is 107 Å². The van der Waals surface area contributed by atoms with Crippen molar-refractivity contribution in [3.8, 4) is 0 Å². The van der Waals surface area contributed by atoms with Gasteiger partial charge in [0.2, 0.25) is 5.91 Å². The molecule has 0 fully saturated rings. The number of likely N-dealkylation sites (N-methyl/N-ethyl adjacent to an activating group) is 1. The number of nitrogens with one attached hydrogen (secondary N) is 1. The van der Waals surface area contributed by atoms with E-state index in [1.165, 1.54) is 12.1 Å². The fourth-order valence-electron chi connectivity index (χ4n) is 1.66. The zero-order valence-electron chi connectivity index (χ0n) is 11.0. The van der Waals surface area contributed by atoms with Crippen molar-refractivity contribution in [3.63, 3.8) is 0 Å².